The van der Waals surface area contributed by atoms with Gasteiger partial charge in [-0.1, -0.05) is 0 Å². The number of nitrogens with zero attached hydrogens (tertiary/aromatic N) is 1. The molecule has 3 nitrogen and oxygen atoms in total. The van der Waals surface area contributed by atoms with Gasteiger partial charge < -0.3 is 10.8 Å². The summed E-state index contributed by atoms with van der Waals surface area (Å²) in [7, 11) is 0. The molecule has 1 aromatic rings. The molecule has 1 unspecified atom stereocenters. The Labute approximate surface area is 80.2 Å². The standard InChI is InChI=1S/C8H11FN2OS/c9-3-6(12)5-13-7-1-2-8(10)11-4-7/h1-2,4,6,12H,3,5H2,(H2,10,11). The molecule has 0 radical (unpaired) electrons. The Balaban J connectivity index is 2.41. The number of aliphatic hydroxyl groups excluding tert-OH is 1. The lowest BCUT2D eigenvalue weighted by atomic mass is 10.5. The van der Waals surface area contributed by atoms with Gasteiger partial charge in [0.15, 0.2) is 0 Å². The SMILES string of the molecule is Nc1ccc(SCC(O)CF)cn1. The van der Waals surface area contributed by atoms with Crippen molar-refractivity contribution in [1.82, 2.24) is 4.98 Å². The van der Waals surface area contributed by atoms with Crippen LogP contribution in [0.1, 0.15) is 0 Å². The molecule has 3 N–H and O–H groups in total. The van der Waals surface area contributed by atoms with E-state index in [1.54, 1.807) is 18.3 Å². The van der Waals surface area contributed by atoms with Crippen molar-refractivity contribution in [3.63, 3.8) is 0 Å². The number of nitrogen functional groups attached to an aromatic ring is 1. The fourth-order valence-corrected chi connectivity index (χ4v) is 1.48. The number of thioether (sulfide) groups is 1. The van der Waals surface area contributed by atoms with Crippen LogP contribution >= 0.6 is 11.8 Å². The van der Waals surface area contributed by atoms with Crippen molar-refractivity contribution in [2.75, 3.05) is 18.2 Å². The van der Waals surface area contributed by atoms with Crippen LogP contribution < -0.4 is 5.73 Å². The molecule has 0 fully saturated rings. The molecule has 1 rings (SSSR count). The smallest absolute Gasteiger partial charge is 0.123 e. The Morgan fingerprint density at radius 2 is 2.38 bits per heavy atom. The van der Waals surface area contributed by atoms with E-state index >= 15 is 0 Å². The van der Waals surface area contributed by atoms with Crippen LogP contribution in [0.15, 0.2) is 23.2 Å². The number of halogens is 1. The Kier molecular flexibility index (Phi) is 3.98. The molecule has 0 aliphatic carbocycles. The van der Waals surface area contributed by atoms with Crippen molar-refractivity contribution in [3.8, 4) is 0 Å². The molecular formula is C8H11FN2OS. The molecule has 0 aromatic carbocycles. The van der Waals surface area contributed by atoms with Crippen LogP contribution in [0.4, 0.5) is 10.2 Å². The molecular weight excluding hydrogens is 191 g/mol. The largest absolute Gasteiger partial charge is 0.390 e. The topological polar surface area (TPSA) is 59.1 Å². The zero-order valence-electron chi connectivity index (χ0n) is 6.98. The van der Waals surface area contributed by atoms with Gasteiger partial charge in [0, 0.05) is 16.8 Å². The number of rotatable bonds is 4. The lowest BCUT2D eigenvalue weighted by Gasteiger charge is -2.04. The average molecular weight is 202 g/mol. The quantitative estimate of drug-likeness (QED) is 0.717. The Bertz CT molecular complexity index is 255. The van der Waals surface area contributed by atoms with Crippen LogP contribution in [-0.2, 0) is 0 Å². The first kappa shape index (κ1) is 10.3. The van der Waals surface area contributed by atoms with Gasteiger partial charge >= 0.3 is 0 Å². The molecule has 0 aliphatic heterocycles. The maximum absolute atomic E-state index is 11.9. The summed E-state index contributed by atoms with van der Waals surface area (Å²) in [6.07, 6.45) is 0.702. The Hall–Kier alpha value is -0.810. The second-order valence-corrected chi connectivity index (χ2v) is 3.63. The molecule has 72 valence electrons. The summed E-state index contributed by atoms with van der Waals surface area (Å²) in [5.74, 6) is 0.789. The van der Waals surface area contributed by atoms with E-state index in [9.17, 15) is 4.39 Å². The van der Waals surface area contributed by atoms with Gasteiger partial charge in [-0.3, -0.25) is 0 Å². The maximum atomic E-state index is 11.9. The summed E-state index contributed by atoms with van der Waals surface area (Å²) in [4.78, 5) is 4.74. The number of pyridine rings is 1. The Morgan fingerprint density at radius 1 is 1.62 bits per heavy atom. The van der Waals surface area contributed by atoms with Crippen molar-refractivity contribution in [2.24, 2.45) is 0 Å². The van der Waals surface area contributed by atoms with E-state index < -0.39 is 12.8 Å². The molecule has 0 saturated carbocycles. The zero-order chi connectivity index (χ0) is 9.68. The average Bonchev–Trinajstić information content (AvgIpc) is 2.16. The number of aromatic nitrogens is 1. The Morgan fingerprint density at radius 3 is 2.92 bits per heavy atom. The van der Waals surface area contributed by atoms with E-state index in [0.717, 1.165) is 4.90 Å². The van der Waals surface area contributed by atoms with Crippen molar-refractivity contribution in [3.05, 3.63) is 18.3 Å². The molecule has 5 heteroatoms. The highest BCUT2D eigenvalue weighted by atomic mass is 32.2. The van der Waals surface area contributed by atoms with E-state index in [2.05, 4.69) is 4.98 Å². The number of anilines is 1. The lowest BCUT2D eigenvalue weighted by molar-refractivity contribution is 0.162. The second-order valence-electron chi connectivity index (χ2n) is 2.54. The third-order valence-electron chi connectivity index (χ3n) is 1.38. The normalized spacial score (nSPS) is 12.8. The minimum Gasteiger partial charge on any atom is -0.390 e. The van der Waals surface area contributed by atoms with Gasteiger partial charge in [-0.05, 0) is 12.1 Å². The summed E-state index contributed by atoms with van der Waals surface area (Å²) in [5.41, 5.74) is 5.38. The maximum Gasteiger partial charge on any atom is 0.123 e. The molecule has 0 saturated heterocycles. The number of hydrogen-bond acceptors (Lipinski definition) is 4. The highest BCUT2D eigenvalue weighted by Crippen LogP contribution is 2.18. The third kappa shape index (κ3) is 3.61. The van der Waals surface area contributed by atoms with E-state index in [1.807, 2.05) is 0 Å². The van der Waals surface area contributed by atoms with Gasteiger partial charge in [-0.2, -0.15) is 0 Å². The first-order chi connectivity index (χ1) is 6.22. The highest BCUT2D eigenvalue weighted by molar-refractivity contribution is 7.99. The monoisotopic (exact) mass is 202 g/mol. The summed E-state index contributed by atoms with van der Waals surface area (Å²) in [6.45, 7) is -0.713. The van der Waals surface area contributed by atoms with Gasteiger partial charge in [0.2, 0.25) is 0 Å². The van der Waals surface area contributed by atoms with E-state index in [4.69, 9.17) is 10.8 Å². The van der Waals surface area contributed by atoms with Crippen molar-refractivity contribution in [1.29, 1.82) is 0 Å². The summed E-state index contributed by atoms with van der Waals surface area (Å²) < 4.78 is 11.9. The first-order valence-electron chi connectivity index (χ1n) is 3.80. The van der Waals surface area contributed by atoms with E-state index in [1.165, 1.54) is 11.8 Å². The van der Waals surface area contributed by atoms with Crippen molar-refractivity contribution in [2.45, 2.75) is 11.0 Å². The molecule has 1 aromatic heterocycles. The van der Waals surface area contributed by atoms with Crippen LogP contribution in [0.2, 0.25) is 0 Å². The summed E-state index contributed by atoms with van der Waals surface area (Å²) >= 11 is 1.35. The predicted molar refractivity (Wildman–Crippen MR) is 51.4 cm³/mol. The highest BCUT2D eigenvalue weighted by Gasteiger charge is 2.03. The van der Waals surface area contributed by atoms with Gasteiger partial charge in [-0.25, -0.2) is 9.37 Å². The van der Waals surface area contributed by atoms with Crippen LogP contribution in [0.5, 0.6) is 0 Å². The van der Waals surface area contributed by atoms with Crippen molar-refractivity contribution < 1.29 is 9.50 Å². The minimum absolute atomic E-state index is 0.335. The lowest BCUT2D eigenvalue weighted by Crippen LogP contribution is -2.11. The van der Waals surface area contributed by atoms with Crippen LogP contribution in [0.3, 0.4) is 0 Å². The third-order valence-corrected chi connectivity index (χ3v) is 2.51. The molecule has 0 bridgehead atoms. The van der Waals surface area contributed by atoms with Gasteiger partial charge in [-0.15, -0.1) is 11.8 Å². The number of hydrogen-bond donors (Lipinski definition) is 2. The number of nitrogens with two attached hydrogens (primary N) is 1. The molecule has 0 amide bonds. The van der Waals surface area contributed by atoms with Crippen molar-refractivity contribution >= 4 is 17.6 Å². The van der Waals surface area contributed by atoms with Gasteiger partial charge in [0.25, 0.3) is 0 Å². The first-order valence-corrected chi connectivity index (χ1v) is 4.79. The molecule has 1 heterocycles. The van der Waals surface area contributed by atoms with Crippen LogP contribution in [0.25, 0.3) is 0 Å². The zero-order valence-corrected chi connectivity index (χ0v) is 7.80. The molecule has 13 heavy (non-hydrogen) atoms. The van der Waals surface area contributed by atoms with Gasteiger partial charge in [0.1, 0.15) is 12.5 Å². The number of aliphatic hydroxyl groups is 1. The summed E-state index contributed by atoms with van der Waals surface area (Å²) in [6, 6.07) is 3.46. The predicted octanol–water partition coefficient (Wildman–Crippen LogP) is 1.09. The van der Waals surface area contributed by atoms with Gasteiger partial charge in [0.05, 0.1) is 6.10 Å². The van der Waals surface area contributed by atoms with Crippen LogP contribution in [0, 0.1) is 0 Å². The fourth-order valence-electron chi connectivity index (χ4n) is 0.714. The van der Waals surface area contributed by atoms with E-state index in [-0.39, 0.29) is 0 Å². The molecule has 1 atom stereocenters. The molecule has 0 spiro atoms. The second kappa shape index (κ2) is 5.04. The number of alkyl halides is 1. The fraction of sp³-hybridized carbons (Fsp3) is 0.375. The minimum atomic E-state index is -0.900. The van der Waals surface area contributed by atoms with E-state index in [0.29, 0.717) is 11.6 Å². The van der Waals surface area contributed by atoms with Crippen LogP contribution in [-0.4, -0.2) is 28.6 Å². The summed E-state index contributed by atoms with van der Waals surface area (Å²) in [5, 5.41) is 8.93. The molecule has 0 aliphatic rings.